The Hall–Kier alpha value is -1.32. The first-order valence-electron chi connectivity index (χ1n) is 6.26. The van der Waals surface area contributed by atoms with E-state index >= 15 is 0 Å². The number of halogens is 3. The summed E-state index contributed by atoms with van der Waals surface area (Å²) in [5.74, 6) is -4.39. The van der Waals surface area contributed by atoms with Crippen LogP contribution < -0.4 is 5.32 Å². The molecular formula is C11H18F3NO5S. The molecule has 0 aliphatic carbocycles. The fourth-order valence-electron chi connectivity index (χ4n) is 1.51. The van der Waals surface area contributed by atoms with Gasteiger partial charge in [-0.1, -0.05) is 19.8 Å². The minimum absolute atomic E-state index is 0.259. The fraction of sp³-hybridized carbons (Fsp3) is 0.818. The number of carboxylic acid groups (broad SMARTS) is 1. The zero-order valence-electron chi connectivity index (χ0n) is 11.4. The molecule has 21 heavy (non-hydrogen) atoms. The monoisotopic (exact) mass is 333 g/mol. The number of rotatable bonds is 9. The highest BCUT2D eigenvalue weighted by Crippen LogP contribution is 2.21. The highest BCUT2D eigenvalue weighted by Gasteiger charge is 2.36. The molecule has 0 aliphatic heterocycles. The van der Waals surface area contributed by atoms with E-state index in [2.05, 4.69) is 0 Å². The molecule has 0 saturated carbocycles. The van der Waals surface area contributed by atoms with Crippen LogP contribution in [0.2, 0.25) is 0 Å². The van der Waals surface area contributed by atoms with E-state index in [-0.39, 0.29) is 5.75 Å². The van der Waals surface area contributed by atoms with Gasteiger partial charge in [0.25, 0.3) is 0 Å². The van der Waals surface area contributed by atoms with Crippen LogP contribution in [0.3, 0.4) is 0 Å². The van der Waals surface area contributed by atoms with Crippen molar-refractivity contribution in [1.82, 2.24) is 5.32 Å². The third-order valence-electron chi connectivity index (χ3n) is 2.48. The Labute approximate surface area is 120 Å². The van der Waals surface area contributed by atoms with Crippen molar-refractivity contribution in [3.05, 3.63) is 0 Å². The molecule has 1 atom stereocenters. The molecule has 0 aromatic rings. The quantitative estimate of drug-likeness (QED) is 0.616. The summed E-state index contributed by atoms with van der Waals surface area (Å²) in [5.41, 5.74) is 0. The number of unbranched alkanes of at least 4 members (excludes halogenated alkanes) is 2. The van der Waals surface area contributed by atoms with Gasteiger partial charge in [0, 0.05) is 0 Å². The number of hydrogen-bond donors (Lipinski definition) is 2. The lowest BCUT2D eigenvalue weighted by atomic mass is 10.2. The number of amides is 1. The Morgan fingerprint density at radius 3 is 2.24 bits per heavy atom. The van der Waals surface area contributed by atoms with Gasteiger partial charge in [-0.25, -0.2) is 13.2 Å². The van der Waals surface area contributed by atoms with Gasteiger partial charge in [0.2, 0.25) is 5.91 Å². The number of carbonyl (C=O) groups is 2. The lowest BCUT2D eigenvalue weighted by Gasteiger charge is -2.16. The van der Waals surface area contributed by atoms with E-state index in [0.29, 0.717) is 12.8 Å². The predicted octanol–water partition coefficient (Wildman–Crippen LogP) is 1.11. The summed E-state index contributed by atoms with van der Waals surface area (Å²) in [6, 6.07) is -2.19. The van der Waals surface area contributed by atoms with Crippen LogP contribution in [0, 0.1) is 0 Å². The van der Waals surface area contributed by atoms with E-state index in [9.17, 15) is 31.2 Å². The van der Waals surface area contributed by atoms with E-state index in [1.165, 1.54) is 0 Å². The molecule has 0 spiro atoms. The van der Waals surface area contributed by atoms with E-state index in [0.717, 1.165) is 6.42 Å². The number of aliphatic carboxylic acids is 1. The molecule has 0 aromatic heterocycles. The maximum Gasteiger partial charge on any atom is 0.391 e. The van der Waals surface area contributed by atoms with Gasteiger partial charge < -0.3 is 10.4 Å². The Kier molecular flexibility index (Phi) is 7.69. The number of sulfone groups is 1. The minimum atomic E-state index is -4.78. The van der Waals surface area contributed by atoms with Crippen molar-refractivity contribution in [2.24, 2.45) is 0 Å². The number of carboxylic acids is 1. The topological polar surface area (TPSA) is 101 Å². The second kappa shape index (κ2) is 8.20. The summed E-state index contributed by atoms with van der Waals surface area (Å²) in [6.07, 6.45) is -4.78. The average Bonchev–Trinajstić information content (AvgIpc) is 2.25. The summed E-state index contributed by atoms with van der Waals surface area (Å²) in [5, 5.41) is 10.2. The molecule has 0 heterocycles. The lowest BCUT2D eigenvalue weighted by molar-refractivity contribution is -0.159. The maximum absolute atomic E-state index is 12.1. The second-order valence-electron chi connectivity index (χ2n) is 4.58. The Balaban J connectivity index is 4.54. The van der Waals surface area contributed by atoms with E-state index in [4.69, 9.17) is 5.11 Å². The van der Waals surface area contributed by atoms with Gasteiger partial charge >= 0.3 is 12.1 Å². The Bertz CT molecular complexity index is 461. The summed E-state index contributed by atoms with van der Waals surface area (Å²) in [4.78, 5) is 22.0. The van der Waals surface area contributed by atoms with Crippen LogP contribution in [-0.4, -0.2) is 49.1 Å². The molecule has 1 amide bonds. The zero-order chi connectivity index (χ0) is 16.7. The summed E-state index contributed by atoms with van der Waals surface area (Å²) in [7, 11) is -3.75. The van der Waals surface area contributed by atoms with E-state index < -0.39 is 46.1 Å². The molecule has 6 nitrogen and oxygen atoms in total. The molecule has 0 bridgehead atoms. The van der Waals surface area contributed by atoms with Crippen LogP contribution in [0.25, 0.3) is 0 Å². The largest absolute Gasteiger partial charge is 0.480 e. The van der Waals surface area contributed by atoms with Gasteiger partial charge in [-0.15, -0.1) is 0 Å². The van der Waals surface area contributed by atoms with Crippen molar-refractivity contribution < 1.29 is 36.3 Å². The molecule has 0 aromatic carbocycles. The van der Waals surface area contributed by atoms with Crippen molar-refractivity contribution >= 4 is 21.7 Å². The van der Waals surface area contributed by atoms with Crippen LogP contribution in [0.5, 0.6) is 0 Å². The van der Waals surface area contributed by atoms with Gasteiger partial charge in [-0.3, -0.25) is 4.79 Å². The van der Waals surface area contributed by atoms with Crippen molar-refractivity contribution in [3.8, 4) is 0 Å². The third-order valence-corrected chi connectivity index (χ3v) is 4.09. The average molecular weight is 333 g/mol. The van der Waals surface area contributed by atoms with Crippen LogP contribution in [0.1, 0.15) is 32.6 Å². The molecule has 1 unspecified atom stereocenters. The van der Waals surface area contributed by atoms with Gasteiger partial charge in [-0.2, -0.15) is 13.2 Å². The van der Waals surface area contributed by atoms with Crippen LogP contribution in [0.4, 0.5) is 13.2 Å². The second-order valence-corrected chi connectivity index (χ2v) is 6.76. The first-order valence-corrected chi connectivity index (χ1v) is 8.08. The summed E-state index contributed by atoms with van der Waals surface area (Å²) in [6.45, 7) is 1.86. The molecular weight excluding hydrogens is 315 g/mol. The van der Waals surface area contributed by atoms with Crippen molar-refractivity contribution in [2.45, 2.75) is 44.8 Å². The molecule has 0 rings (SSSR count). The molecule has 0 radical (unpaired) electrons. The smallest absolute Gasteiger partial charge is 0.391 e. The first kappa shape index (κ1) is 19.7. The molecule has 0 saturated heterocycles. The molecule has 0 fully saturated rings. The lowest BCUT2D eigenvalue weighted by Crippen LogP contribution is -2.45. The molecule has 124 valence electrons. The zero-order valence-corrected chi connectivity index (χ0v) is 12.3. The van der Waals surface area contributed by atoms with Crippen LogP contribution in [0.15, 0.2) is 0 Å². The number of nitrogens with one attached hydrogen (secondary N) is 1. The summed E-state index contributed by atoms with van der Waals surface area (Å²) >= 11 is 0. The molecule has 10 heteroatoms. The third kappa shape index (κ3) is 10.1. The van der Waals surface area contributed by atoms with Crippen molar-refractivity contribution in [3.63, 3.8) is 0 Å². The maximum atomic E-state index is 12.1. The van der Waals surface area contributed by atoms with Gasteiger partial charge in [0.05, 0.1) is 12.2 Å². The number of hydrogen-bond acceptors (Lipinski definition) is 4. The number of carbonyl (C=O) groups excluding carboxylic acids is 1. The van der Waals surface area contributed by atoms with E-state index in [1.807, 2.05) is 6.92 Å². The molecule has 0 aliphatic rings. The van der Waals surface area contributed by atoms with Crippen molar-refractivity contribution in [2.75, 3.05) is 11.5 Å². The van der Waals surface area contributed by atoms with E-state index in [1.54, 1.807) is 5.32 Å². The number of alkyl halides is 3. The van der Waals surface area contributed by atoms with Gasteiger partial charge in [-0.05, 0) is 6.42 Å². The standard InChI is InChI=1S/C11H18F3NO5S/c1-2-3-4-5-21(19,20)7-9(16)15-8(10(17)18)6-11(12,13)14/h8H,2-7H2,1H3,(H,15,16)(H,17,18). The van der Waals surface area contributed by atoms with Crippen LogP contribution >= 0.6 is 0 Å². The highest BCUT2D eigenvalue weighted by molar-refractivity contribution is 7.92. The van der Waals surface area contributed by atoms with Gasteiger partial charge in [0.1, 0.15) is 11.8 Å². The van der Waals surface area contributed by atoms with Crippen molar-refractivity contribution in [1.29, 1.82) is 0 Å². The first-order chi connectivity index (χ1) is 9.47. The SMILES string of the molecule is CCCCCS(=O)(=O)CC(=O)NC(CC(F)(F)F)C(=O)O. The van der Waals surface area contributed by atoms with Crippen LogP contribution in [-0.2, 0) is 19.4 Å². The fourth-order valence-corrected chi connectivity index (χ4v) is 2.78. The predicted molar refractivity (Wildman–Crippen MR) is 68.4 cm³/mol. The molecule has 2 N–H and O–H groups in total. The minimum Gasteiger partial charge on any atom is -0.480 e. The Morgan fingerprint density at radius 1 is 1.24 bits per heavy atom. The van der Waals surface area contributed by atoms with Gasteiger partial charge in [0.15, 0.2) is 9.84 Å². The highest BCUT2D eigenvalue weighted by atomic mass is 32.2. The Morgan fingerprint density at radius 2 is 1.81 bits per heavy atom. The normalized spacial score (nSPS) is 13.7. The summed E-state index contributed by atoms with van der Waals surface area (Å²) < 4.78 is 59.4.